The molecule has 27 heavy (non-hydrogen) atoms. The summed E-state index contributed by atoms with van der Waals surface area (Å²) in [6.45, 7) is 3.38. The number of aromatic hydroxyl groups is 1. The molecule has 0 aliphatic heterocycles. The van der Waals surface area contributed by atoms with Crippen LogP contribution in [-0.4, -0.2) is 16.2 Å². The third kappa shape index (κ3) is 4.24. The van der Waals surface area contributed by atoms with Crippen molar-refractivity contribution in [2.75, 3.05) is 6.54 Å². The topological polar surface area (TPSA) is 37.2 Å². The van der Waals surface area contributed by atoms with E-state index in [1.54, 1.807) is 6.07 Å². The molecule has 3 nitrogen and oxygen atoms in total. The first kappa shape index (κ1) is 19.2. The van der Waals surface area contributed by atoms with Crippen LogP contribution in [0, 0.1) is 5.82 Å². The maximum atomic E-state index is 13.6. The van der Waals surface area contributed by atoms with Gasteiger partial charge >= 0.3 is 6.18 Å². The Bertz CT molecular complexity index is 947. The molecule has 3 rings (SSSR count). The Morgan fingerprint density at radius 1 is 1.15 bits per heavy atom. The number of phenols is 1. The number of aromatic nitrogens is 1. The van der Waals surface area contributed by atoms with Crippen LogP contribution in [0.25, 0.3) is 10.9 Å². The van der Waals surface area contributed by atoms with Crippen LogP contribution in [0.4, 0.5) is 17.6 Å². The van der Waals surface area contributed by atoms with E-state index < -0.39 is 17.6 Å². The summed E-state index contributed by atoms with van der Waals surface area (Å²) in [6.07, 6.45) is -1.93. The number of hydrogen-bond acceptors (Lipinski definition) is 2. The fourth-order valence-corrected chi connectivity index (χ4v) is 3.22. The van der Waals surface area contributed by atoms with E-state index in [9.17, 15) is 22.7 Å². The molecule has 0 unspecified atom stereocenters. The number of benzene rings is 2. The van der Waals surface area contributed by atoms with Gasteiger partial charge in [0, 0.05) is 30.7 Å². The lowest BCUT2D eigenvalue weighted by atomic mass is 10.1. The summed E-state index contributed by atoms with van der Waals surface area (Å²) >= 11 is 0. The predicted octanol–water partition coefficient (Wildman–Crippen LogP) is 4.86. The highest BCUT2D eigenvalue weighted by Crippen LogP contribution is 2.32. The zero-order valence-electron chi connectivity index (χ0n) is 14.8. The van der Waals surface area contributed by atoms with Gasteiger partial charge in [0.2, 0.25) is 0 Å². The second-order valence-corrected chi connectivity index (χ2v) is 6.38. The minimum atomic E-state index is -4.36. The predicted molar refractivity (Wildman–Crippen MR) is 96.1 cm³/mol. The first-order chi connectivity index (χ1) is 12.8. The summed E-state index contributed by atoms with van der Waals surface area (Å²) in [4.78, 5) is 0. The minimum absolute atomic E-state index is 0.106. The van der Waals surface area contributed by atoms with Gasteiger partial charge in [-0.3, -0.25) is 0 Å². The third-order valence-electron chi connectivity index (χ3n) is 4.50. The van der Waals surface area contributed by atoms with E-state index in [0.29, 0.717) is 42.5 Å². The maximum Gasteiger partial charge on any atom is 0.416 e. The van der Waals surface area contributed by atoms with E-state index in [0.717, 1.165) is 23.8 Å². The molecular weight excluding hydrogens is 360 g/mol. The molecule has 0 radical (unpaired) electrons. The molecule has 0 aliphatic rings. The van der Waals surface area contributed by atoms with Crippen molar-refractivity contribution in [3.8, 4) is 5.75 Å². The molecule has 3 aromatic rings. The van der Waals surface area contributed by atoms with Crippen LogP contribution in [-0.2, 0) is 25.7 Å². The molecule has 0 saturated heterocycles. The lowest BCUT2D eigenvalue weighted by Gasteiger charge is -2.09. The van der Waals surface area contributed by atoms with Crippen molar-refractivity contribution in [2.45, 2.75) is 32.6 Å². The van der Waals surface area contributed by atoms with E-state index >= 15 is 0 Å². The number of fused-ring (bicyclic) bond motifs is 1. The van der Waals surface area contributed by atoms with E-state index in [1.165, 1.54) is 12.1 Å². The Balaban J connectivity index is 1.68. The van der Waals surface area contributed by atoms with Crippen LogP contribution >= 0.6 is 0 Å². The van der Waals surface area contributed by atoms with Gasteiger partial charge in [-0.1, -0.05) is 18.2 Å². The number of phenolic OH excluding ortho intramolecular Hbond substituents is 1. The number of nitrogens with one attached hydrogen (secondary N) is 1. The zero-order chi connectivity index (χ0) is 19.6. The van der Waals surface area contributed by atoms with Crippen LogP contribution in [0.3, 0.4) is 0 Å². The zero-order valence-corrected chi connectivity index (χ0v) is 14.8. The van der Waals surface area contributed by atoms with Crippen molar-refractivity contribution in [2.24, 2.45) is 0 Å². The minimum Gasteiger partial charge on any atom is -0.507 e. The summed E-state index contributed by atoms with van der Waals surface area (Å²) in [7, 11) is 0. The third-order valence-corrected chi connectivity index (χ3v) is 4.50. The molecule has 0 spiro atoms. The lowest BCUT2D eigenvalue weighted by Crippen LogP contribution is -2.17. The van der Waals surface area contributed by atoms with Crippen molar-refractivity contribution in [1.82, 2.24) is 9.88 Å². The average Bonchev–Trinajstić information content (AvgIpc) is 2.96. The molecule has 1 aromatic heterocycles. The molecule has 0 bridgehead atoms. The first-order valence-corrected chi connectivity index (χ1v) is 8.66. The SMILES string of the molecule is CCn1cc(CCNCc2cccc(C(F)(F)F)c2)c2c(O)cc(F)cc21. The monoisotopic (exact) mass is 380 g/mol. The van der Waals surface area contributed by atoms with Crippen LogP contribution in [0.15, 0.2) is 42.6 Å². The van der Waals surface area contributed by atoms with Gasteiger partial charge in [-0.25, -0.2) is 4.39 Å². The number of rotatable bonds is 6. The quantitative estimate of drug-likeness (QED) is 0.474. The summed E-state index contributed by atoms with van der Waals surface area (Å²) in [5.41, 5.74) is 1.37. The molecule has 2 aromatic carbocycles. The number of halogens is 4. The van der Waals surface area contributed by atoms with Gasteiger partial charge in [0.1, 0.15) is 11.6 Å². The largest absolute Gasteiger partial charge is 0.507 e. The van der Waals surface area contributed by atoms with Gasteiger partial charge in [-0.15, -0.1) is 0 Å². The molecule has 144 valence electrons. The average molecular weight is 380 g/mol. The van der Waals surface area contributed by atoms with Crippen molar-refractivity contribution < 1.29 is 22.7 Å². The van der Waals surface area contributed by atoms with Gasteiger partial charge in [0.05, 0.1) is 11.1 Å². The van der Waals surface area contributed by atoms with E-state index in [2.05, 4.69) is 5.32 Å². The van der Waals surface area contributed by atoms with Gasteiger partial charge in [0.25, 0.3) is 0 Å². The lowest BCUT2D eigenvalue weighted by molar-refractivity contribution is -0.137. The van der Waals surface area contributed by atoms with Crippen molar-refractivity contribution in [1.29, 1.82) is 0 Å². The Labute approximate surface area is 154 Å². The van der Waals surface area contributed by atoms with Crippen LogP contribution in [0.2, 0.25) is 0 Å². The Kier molecular flexibility index (Phi) is 5.41. The summed E-state index contributed by atoms with van der Waals surface area (Å²) in [5, 5.41) is 13.8. The maximum absolute atomic E-state index is 13.6. The highest BCUT2D eigenvalue weighted by Gasteiger charge is 2.30. The number of aryl methyl sites for hydroxylation is 1. The van der Waals surface area contributed by atoms with E-state index in [-0.39, 0.29) is 5.75 Å². The van der Waals surface area contributed by atoms with Crippen molar-refractivity contribution >= 4 is 10.9 Å². The molecule has 0 saturated carbocycles. The smallest absolute Gasteiger partial charge is 0.416 e. The Morgan fingerprint density at radius 3 is 2.63 bits per heavy atom. The fourth-order valence-electron chi connectivity index (χ4n) is 3.22. The second kappa shape index (κ2) is 7.60. The van der Waals surface area contributed by atoms with Gasteiger partial charge in [0.15, 0.2) is 0 Å². The molecule has 0 amide bonds. The first-order valence-electron chi connectivity index (χ1n) is 8.66. The van der Waals surface area contributed by atoms with Gasteiger partial charge < -0.3 is 15.0 Å². The molecule has 7 heteroatoms. The van der Waals surface area contributed by atoms with Crippen LogP contribution in [0.5, 0.6) is 5.75 Å². The fraction of sp³-hybridized carbons (Fsp3) is 0.300. The summed E-state index contributed by atoms with van der Waals surface area (Å²) in [6, 6.07) is 7.68. The number of hydrogen-bond donors (Lipinski definition) is 2. The van der Waals surface area contributed by atoms with Crippen molar-refractivity contribution in [3.63, 3.8) is 0 Å². The standard InChI is InChI=1S/C20H20F4N2O/c1-2-26-12-14(19-17(26)9-16(21)10-18(19)27)6-7-25-11-13-4-3-5-15(8-13)20(22,23)24/h3-5,8-10,12,25,27H,2,6-7,11H2,1H3. The molecule has 0 fully saturated rings. The number of nitrogens with zero attached hydrogens (tertiary/aromatic N) is 1. The Morgan fingerprint density at radius 2 is 1.93 bits per heavy atom. The summed E-state index contributed by atoms with van der Waals surface area (Å²) in [5.74, 6) is -0.605. The van der Waals surface area contributed by atoms with E-state index in [4.69, 9.17) is 0 Å². The second-order valence-electron chi connectivity index (χ2n) is 6.38. The van der Waals surface area contributed by atoms with Crippen LogP contribution < -0.4 is 5.32 Å². The van der Waals surface area contributed by atoms with Crippen molar-refractivity contribution in [3.05, 3.63) is 65.1 Å². The normalized spacial score (nSPS) is 12.0. The highest BCUT2D eigenvalue weighted by molar-refractivity contribution is 5.89. The highest BCUT2D eigenvalue weighted by atomic mass is 19.4. The van der Waals surface area contributed by atoms with Gasteiger partial charge in [-0.2, -0.15) is 13.2 Å². The molecular formula is C20H20F4N2O. The number of alkyl halides is 3. The van der Waals surface area contributed by atoms with Gasteiger partial charge in [-0.05, 0) is 43.1 Å². The molecule has 2 N–H and O–H groups in total. The van der Waals surface area contributed by atoms with E-state index in [1.807, 2.05) is 17.7 Å². The van der Waals surface area contributed by atoms with Crippen LogP contribution in [0.1, 0.15) is 23.6 Å². The molecule has 0 atom stereocenters. The molecule has 0 aliphatic carbocycles. The Hall–Kier alpha value is -2.54. The molecule has 1 heterocycles. The summed E-state index contributed by atoms with van der Waals surface area (Å²) < 4.78 is 53.7.